The van der Waals surface area contributed by atoms with E-state index in [0.29, 0.717) is 6.42 Å². The normalized spacial score (nSPS) is 13.6. The van der Waals surface area contributed by atoms with E-state index in [2.05, 4.69) is 31.3 Å². The van der Waals surface area contributed by atoms with Crippen LogP contribution in [0.5, 0.6) is 0 Å². The minimum atomic E-state index is -4.34. The van der Waals surface area contributed by atoms with Gasteiger partial charge in [0, 0.05) is 6.42 Å². The van der Waals surface area contributed by atoms with Crippen molar-refractivity contribution in [2.24, 2.45) is 0 Å². The maximum absolute atomic E-state index is 12.5. The van der Waals surface area contributed by atoms with Gasteiger partial charge in [-0.3, -0.25) is 9.35 Å². The zero-order chi connectivity index (χ0) is 33.3. The molecule has 0 rings (SSSR count). The third kappa shape index (κ3) is 34.0. The summed E-state index contributed by atoms with van der Waals surface area (Å²) >= 11 is 0. The largest absolute Gasteiger partial charge is 0.387 e. The predicted molar refractivity (Wildman–Crippen MR) is 193 cm³/mol. The van der Waals surface area contributed by atoms with E-state index in [4.69, 9.17) is 0 Å². The van der Waals surface area contributed by atoms with Crippen molar-refractivity contribution in [3.8, 4) is 0 Å². The van der Waals surface area contributed by atoms with Crippen LogP contribution in [0.4, 0.5) is 0 Å². The summed E-state index contributed by atoms with van der Waals surface area (Å²) in [5.74, 6) is -0.993. The lowest BCUT2D eigenvalue weighted by Gasteiger charge is -2.21. The van der Waals surface area contributed by atoms with E-state index in [1.165, 1.54) is 141 Å². The van der Waals surface area contributed by atoms with Gasteiger partial charge in [0.1, 0.15) is 0 Å². The Bertz CT molecular complexity index is 811. The summed E-state index contributed by atoms with van der Waals surface area (Å²) in [5.41, 5.74) is 0. The lowest BCUT2D eigenvalue weighted by atomic mass is 10.0. The van der Waals surface area contributed by atoms with Crippen LogP contribution in [0.2, 0.25) is 0 Å². The first-order chi connectivity index (χ1) is 21.8. The van der Waals surface area contributed by atoms with Crippen molar-refractivity contribution < 1.29 is 22.9 Å². The Balaban J connectivity index is 4.00. The van der Waals surface area contributed by atoms with E-state index in [1.54, 1.807) is 0 Å². The Kier molecular flexibility index (Phi) is 31.9. The molecular weight excluding hydrogens is 582 g/mol. The van der Waals surface area contributed by atoms with E-state index in [9.17, 15) is 22.9 Å². The lowest BCUT2D eigenvalue weighted by molar-refractivity contribution is -0.122. The monoisotopic (exact) mass is 656 g/mol. The van der Waals surface area contributed by atoms with Gasteiger partial charge in [0.05, 0.1) is 17.9 Å². The molecule has 0 heterocycles. The Morgan fingerprint density at radius 2 is 0.956 bits per heavy atom. The number of hydrogen-bond acceptors (Lipinski definition) is 4. The van der Waals surface area contributed by atoms with Crippen LogP contribution in [-0.2, 0) is 14.9 Å². The standard InChI is InChI=1S/C38H73NO5S/c1-3-5-7-9-11-13-15-17-19-21-23-25-27-29-31-33-37(40)36(35-45(42,43)44)39-38(41)34-32-30-28-26-24-22-20-18-16-14-12-10-8-6-4-2/h23,25,31,33,36-37,40H,3-22,24,26-30,32,34-35H2,1-2H3,(H,39,41)(H,42,43,44)/b25-23+,33-31+. The highest BCUT2D eigenvalue weighted by Gasteiger charge is 2.24. The Labute approximate surface area is 279 Å². The van der Waals surface area contributed by atoms with E-state index in [0.717, 1.165) is 38.5 Å². The van der Waals surface area contributed by atoms with Gasteiger partial charge in [-0.2, -0.15) is 8.42 Å². The van der Waals surface area contributed by atoms with Crippen LogP contribution in [0.1, 0.15) is 194 Å². The second-order valence-corrected chi connectivity index (χ2v) is 14.7. The number of carbonyl (C=O) groups excluding carboxylic acids is 1. The van der Waals surface area contributed by atoms with Gasteiger partial charge < -0.3 is 10.4 Å². The first kappa shape index (κ1) is 43.8. The number of carbonyl (C=O) groups is 1. The second-order valence-electron chi connectivity index (χ2n) is 13.2. The summed E-state index contributed by atoms with van der Waals surface area (Å²) in [6.45, 7) is 4.51. The van der Waals surface area contributed by atoms with Crippen molar-refractivity contribution in [3.05, 3.63) is 24.3 Å². The van der Waals surface area contributed by atoms with Crippen molar-refractivity contribution in [2.75, 3.05) is 5.75 Å². The number of unbranched alkanes of at least 4 members (excludes halogenated alkanes) is 24. The van der Waals surface area contributed by atoms with Crippen molar-refractivity contribution in [1.82, 2.24) is 5.32 Å². The summed E-state index contributed by atoms with van der Waals surface area (Å²) in [6, 6.07) is -1.07. The first-order valence-electron chi connectivity index (χ1n) is 19.0. The summed E-state index contributed by atoms with van der Waals surface area (Å²) in [4.78, 5) is 12.5. The molecule has 2 unspecified atom stereocenters. The van der Waals surface area contributed by atoms with Gasteiger partial charge in [0.25, 0.3) is 10.1 Å². The summed E-state index contributed by atoms with van der Waals surface area (Å²) in [7, 11) is -4.34. The maximum atomic E-state index is 12.5. The number of amides is 1. The van der Waals surface area contributed by atoms with Crippen LogP contribution in [-0.4, -0.2) is 41.9 Å². The van der Waals surface area contributed by atoms with Crippen LogP contribution in [0, 0.1) is 0 Å². The zero-order valence-electron chi connectivity index (χ0n) is 29.5. The first-order valence-corrected chi connectivity index (χ1v) is 20.6. The third-order valence-electron chi connectivity index (χ3n) is 8.63. The Morgan fingerprint density at radius 1 is 0.578 bits per heavy atom. The molecule has 0 aromatic rings. The Hall–Kier alpha value is -1.18. The Morgan fingerprint density at radius 3 is 1.40 bits per heavy atom. The number of hydrogen-bond donors (Lipinski definition) is 3. The molecule has 6 nitrogen and oxygen atoms in total. The fourth-order valence-electron chi connectivity index (χ4n) is 5.76. The molecule has 45 heavy (non-hydrogen) atoms. The molecule has 0 aromatic carbocycles. The molecule has 0 radical (unpaired) electrons. The second kappa shape index (κ2) is 32.7. The van der Waals surface area contributed by atoms with Gasteiger partial charge in [0.15, 0.2) is 0 Å². The number of allylic oxidation sites excluding steroid dienone is 3. The van der Waals surface area contributed by atoms with Gasteiger partial charge in [-0.1, -0.05) is 179 Å². The molecule has 0 aliphatic carbocycles. The topological polar surface area (TPSA) is 104 Å². The van der Waals surface area contributed by atoms with Crippen LogP contribution < -0.4 is 5.32 Å². The van der Waals surface area contributed by atoms with Crippen molar-refractivity contribution >= 4 is 16.0 Å². The van der Waals surface area contributed by atoms with Crippen molar-refractivity contribution in [2.45, 2.75) is 206 Å². The molecule has 2 atom stereocenters. The average molecular weight is 656 g/mol. The minimum Gasteiger partial charge on any atom is -0.387 e. The number of rotatable bonds is 34. The zero-order valence-corrected chi connectivity index (χ0v) is 30.3. The predicted octanol–water partition coefficient (Wildman–Crippen LogP) is 10.8. The van der Waals surface area contributed by atoms with Crippen LogP contribution >= 0.6 is 0 Å². The SMILES string of the molecule is CCCCCCCCCCC/C=C/CC/C=C/C(O)C(CS(=O)(=O)O)NC(=O)CCCCCCCCCCCCCCCCC. The van der Waals surface area contributed by atoms with Crippen molar-refractivity contribution in [1.29, 1.82) is 0 Å². The van der Waals surface area contributed by atoms with Gasteiger partial charge in [-0.25, -0.2) is 0 Å². The minimum absolute atomic E-state index is 0.287. The van der Waals surface area contributed by atoms with E-state index >= 15 is 0 Å². The molecule has 0 bridgehead atoms. The molecule has 7 heteroatoms. The average Bonchev–Trinajstić information content (AvgIpc) is 3.00. The molecule has 3 N–H and O–H groups in total. The fourth-order valence-corrected chi connectivity index (χ4v) is 6.49. The maximum Gasteiger partial charge on any atom is 0.267 e. The van der Waals surface area contributed by atoms with Crippen LogP contribution in [0.15, 0.2) is 24.3 Å². The van der Waals surface area contributed by atoms with Crippen LogP contribution in [0.25, 0.3) is 0 Å². The van der Waals surface area contributed by atoms with Gasteiger partial charge in [-0.15, -0.1) is 0 Å². The molecule has 0 aromatic heterocycles. The molecule has 0 spiro atoms. The van der Waals surface area contributed by atoms with Gasteiger partial charge in [0.2, 0.25) is 5.91 Å². The summed E-state index contributed by atoms with van der Waals surface area (Å²) < 4.78 is 32.4. The molecular formula is C38H73NO5S. The van der Waals surface area contributed by atoms with Gasteiger partial charge >= 0.3 is 0 Å². The molecule has 0 saturated carbocycles. The molecule has 1 amide bonds. The highest BCUT2D eigenvalue weighted by atomic mass is 32.2. The highest BCUT2D eigenvalue weighted by molar-refractivity contribution is 7.85. The van der Waals surface area contributed by atoms with E-state index < -0.39 is 28.0 Å². The quantitative estimate of drug-likeness (QED) is 0.0363. The number of aliphatic hydroxyl groups excluding tert-OH is 1. The summed E-state index contributed by atoms with van der Waals surface area (Å²) in [5, 5.41) is 13.2. The van der Waals surface area contributed by atoms with Crippen molar-refractivity contribution in [3.63, 3.8) is 0 Å². The van der Waals surface area contributed by atoms with Crippen LogP contribution in [0.3, 0.4) is 0 Å². The summed E-state index contributed by atoms with van der Waals surface area (Å²) in [6.07, 6.45) is 40.2. The van der Waals surface area contributed by atoms with E-state index in [-0.39, 0.29) is 5.91 Å². The smallest absolute Gasteiger partial charge is 0.267 e. The molecule has 266 valence electrons. The molecule has 0 aliphatic rings. The van der Waals surface area contributed by atoms with Gasteiger partial charge in [-0.05, 0) is 32.1 Å². The number of nitrogens with one attached hydrogen (secondary N) is 1. The number of aliphatic hydroxyl groups is 1. The van der Waals surface area contributed by atoms with E-state index in [1.807, 2.05) is 6.08 Å². The molecule has 0 saturated heterocycles. The molecule has 0 fully saturated rings. The lowest BCUT2D eigenvalue weighted by Crippen LogP contribution is -2.46. The molecule has 0 aliphatic heterocycles. The highest BCUT2D eigenvalue weighted by Crippen LogP contribution is 2.14. The third-order valence-corrected chi connectivity index (χ3v) is 9.41. The fraction of sp³-hybridized carbons (Fsp3) is 0.868.